The third-order valence-corrected chi connectivity index (χ3v) is 3.27. The minimum Gasteiger partial charge on any atom is -0.379 e. The van der Waals surface area contributed by atoms with E-state index in [-0.39, 0.29) is 0 Å². The van der Waals surface area contributed by atoms with Crippen LogP contribution in [0, 0.1) is 5.92 Å². The molecular formula is C11H20N4. The van der Waals surface area contributed by atoms with Gasteiger partial charge in [-0.1, -0.05) is 6.42 Å². The monoisotopic (exact) mass is 208 g/mol. The van der Waals surface area contributed by atoms with E-state index < -0.39 is 0 Å². The molecule has 0 radical (unpaired) electrons. The fourth-order valence-electron chi connectivity index (χ4n) is 2.33. The maximum atomic E-state index is 5.75. The van der Waals surface area contributed by atoms with Crippen molar-refractivity contribution in [3.05, 3.63) is 12.4 Å². The van der Waals surface area contributed by atoms with Crippen LogP contribution in [0.5, 0.6) is 0 Å². The lowest BCUT2D eigenvalue weighted by Crippen LogP contribution is -2.29. The van der Waals surface area contributed by atoms with Gasteiger partial charge in [0.05, 0.1) is 11.9 Å². The third kappa shape index (κ3) is 2.31. The highest BCUT2D eigenvalue weighted by Crippen LogP contribution is 2.27. The van der Waals surface area contributed by atoms with Crippen LogP contribution in [-0.2, 0) is 6.54 Å². The molecule has 0 bridgehead atoms. The lowest BCUT2D eigenvalue weighted by molar-refractivity contribution is 0.516. The van der Waals surface area contributed by atoms with Gasteiger partial charge in [-0.05, 0) is 32.2 Å². The van der Waals surface area contributed by atoms with E-state index in [4.69, 9.17) is 5.73 Å². The summed E-state index contributed by atoms with van der Waals surface area (Å²) in [4.78, 5) is 0. The summed E-state index contributed by atoms with van der Waals surface area (Å²) >= 11 is 0. The molecule has 2 rings (SSSR count). The second-order valence-electron chi connectivity index (χ2n) is 4.26. The fraction of sp³-hybridized carbons (Fsp3) is 0.727. The van der Waals surface area contributed by atoms with Gasteiger partial charge in [-0.2, -0.15) is 5.10 Å². The summed E-state index contributed by atoms with van der Waals surface area (Å²) in [7, 11) is 0. The molecule has 0 spiro atoms. The number of hydrogen-bond donors (Lipinski definition) is 2. The fourth-order valence-corrected chi connectivity index (χ4v) is 2.33. The molecule has 1 aliphatic carbocycles. The average molecular weight is 208 g/mol. The maximum absolute atomic E-state index is 5.75. The van der Waals surface area contributed by atoms with E-state index in [9.17, 15) is 0 Å². The zero-order valence-corrected chi connectivity index (χ0v) is 9.32. The summed E-state index contributed by atoms with van der Waals surface area (Å²) in [6, 6.07) is 0.546. The predicted octanol–water partition coefficient (Wildman–Crippen LogP) is 1.44. The van der Waals surface area contributed by atoms with Crippen LogP contribution in [0.1, 0.15) is 26.2 Å². The Kier molecular flexibility index (Phi) is 3.26. The predicted molar refractivity (Wildman–Crippen MR) is 61.7 cm³/mol. The van der Waals surface area contributed by atoms with Crippen molar-refractivity contribution in [2.75, 3.05) is 11.9 Å². The molecule has 0 amide bonds. The molecule has 1 aromatic rings. The summed E-state index contributed by atoms with van der Waals surface area (Å²) in [5, 5.41) is 7.78. The van der Waals surface area contributed by atoms with Crippen molar-refractivity contribution >= 4 is 5.69 Å². The molecular weight excluding hydrogens is 188 g/mol. The first-order valence-electron chi connectivity index (χ1n) is 5.82. The third-order valence-electron chi connectivity index (χ3n) is 3.27. The van der Waals surface area contributed by atoms with E-state index in [0.29, 0.717) is 12.0 Å². The Balaban J connectivity index is 1.95. The summed E-state index contributed by atoms with van der Waals surface area (Å²) in [5.41, 5.74) is 6.88. The van der Waals surface area contributed by atoms with Crippen molar-refractivity contribution in [1.29, 1.82) is 0 Å². The first kappa shape index (κ1) is 10.5. The summed E-state index contributed by atoms with van der Waals surface area (Å²) in [6.07, 6.45) is 7.75. The number of aromatic nitrogens is 2. The summed E-state index contributed by atoms with van der Waals surface area (Å²) in [5.74, 6) is 0.634. The second kappa shape index (κ2) is 4.66. The van der Waals surface area contributed by atoms with Gasteiger partial charge in [0, 0.05) is 18.8 Å². The first-order chi connectivity index (χ1) is 7.33. The first-order valence-corrected chi connectivity index (χ1v) is 5.82. The van der Waals surface area contributed by atoms with E-state index in [1.165, 1.54) is 19.3 Å². The molecule has 2 unspecified atom stereocenters. The minimum atomic E-state index is 0.546. The average Bonchev–Trinajstić information content (AvgIpc) is 2.87. The molecule has 0 aliphatic heterocycles. The van der Waals surface area contributed by atoms with Crippen LogP contribution >= 0.6 is 0 Å². The largest absolute Gasteiger partial charge is 0.379 e. The van der Waals surface area contributed by atoms with Crippen molar-refractivity contribution in [3.8, 4) is 0 Å². The Hall–Kier alpha value is -1.03. The molecule has 1 aliphatic rings. The van der Waals surface area contributed by atoms with Gasteiger partial charge >= 0.3 is 0 Å². The number of nitrogens with two attached hydrogens (primary N) is 1. The van der Waals surface area contributed by atoms with Crippen LogP contribution < -0.4 is 11.1 Å². The Morgan fingerprint density at radius 3 is 3.13 bits per heavy atom. The van der Waals surface area contributed by atoms with E-state index in [2.05, 4.69) is 23.5 Å². The number of aryl methyl sites for hydroxylation is 1. The molecule has 0 saturated heterocycles. The van der Waals surface area contributed by atoms with Crippen LogP contribution in [0.4, 0.5) is 5.69 Å². The second-order valence-corrected chi connectivity index (χ2v) is 4.26. The van der Waals surface area contributed by atoms with Gasteiger partial charge in [0.25, 0.3) is 0 Å². The van der Waals surface area contributed by atoms with Crippen LogP contribution in [0.3, 0.4) is 0 Å². The topological polar surface area (TPSA) is 55.9 Å². The normalized spacial score (nSPS) is 25.7. The van der Waals surface area contributed by atoms with Crippen molar-refractivity contribution in [1.82, 2.24) is 9.78 Å². The van der Waals surface area contributed by atoms with Crippen molar-refractivity contribution in [2.24, 2.45) is 11.7 Å². The van der Waals surface area contributed by atoms with Crippen molar-refractivity contribution in [3.63, 3.8) is 0 Å². The lowest BCUT2D eigenvalue weighted by Gasteiger charge is -2.19. The van der Waals surface area contributed by atoms with Gasteiger partial charge in [0.1, 0.15) is 0 Å². The minimum absolute atomic E-state index is 0.546. The Labute approximate surface area is 90.8 Å². The standard InChI is InChI=1S/C11H20N4/c1-2-15-8-10(7-13-15)14-11-5-3-4-9(11)6-12/h7-9,11,14H,2-6,12H2,1H3. The van der Waals surface area contributed by atoms with Crippen LogP contribution in [-0.4, -0.2) is 22.4 Å². The summed E-state index contributed by atoms with van der Waals surface area (Å²) < 4.78 is 1.94. The van der Waals surface area contributed by atoms with Gasteiger partial charge in [-0.25, -0.2) is 0 Å². The van der Waals surface area contributed by atoms with Gasteiger partial charge < -0.3 is 11.1 Å². The highest BCUT2D eigenvalue weighted by Gasteiger charge is 2.25. The smallest absolute Gasteiger partial charge is 0.0728 e. The molecule has 2 atom stereocenters. The van der Waals surface area contributed by atoms with E-state index in [1.54, 1.807) is 0 Å². The Bertz CT molecular complexity index is 307. The molecule has 84 valence electrons. The van der Waals surface area contributed by atoms with Crippen LogP contribution in [0.2, 0.25) is 0 Å². The zero-order chi connectivity index (χ0) is 10.7. The lowest BCUT2D eigenvalue weighted by atomic mass is 10.0. The Morgan fingerprint density at radius 1 is 1.60 bits per heavy atom. The van der Waals surface area contributed by atoms with E-state index in [1.807, 2.05) is 10.9 Å². The number of nitrogens with one attached hydrogen (secondary N) is 1. The molecule has 15 heavy (non-hydrogen) atoms. The van der Waals surface area contributed by atoms with Gasteiger partial charge in [-0.3, -0.25) is 4.68 Å². The zero-order valence-electron chi connectivity index (χ0n) is 9.32. The molecule has 1 heterocycles. The quantitative estimate of drug-likeness (QED) is 0.787. The van der Waals surface area contributed by atoms with Gasteiger partial charge in [-0.15, -0.1) is 0 Å². The number of nitrogens with zero attached hydrogens (tertiary/aromatic N) is 2. The molecule has 0 aromatic carbocycles. The van der Waals surface area contributed by atoms with Crippen LogP contribution in [0.25, 0.3) is 0 Å². The SMILES string of the molecule is CCn1cc(NC2CCCC2CN)cn1. The van der Waals surface area contributed by atoms with Crippen LogP contribution in [0.15, 0.2) is 12.4 Å². The van der Waals surface area contributed by atoms with Crippen molar-refractivity contribution < 1.29 is 0 Å². The summed E-state index contributed by atoms with van der Waals surface area (Å²) in [6.45, 7) is 3.81. The van der Waals surface area contributed by atoms with Gasteiger partial charge in [0.2, 0.25) is 0 Å². The highest BCUT2D eigenvalue weighted by molar-refractivity contribution is 5.39. The van der Waals surface area contributed by atoms with E-state index >= 15 is 0 Å². The maximum Gasteiger partial charge on any atom is 0.0728 e. The molecule has 4 heteroatoms. The Morgan fingerprint density at radius 2 is 2.47 bits per heavy atom. The molecule has 1 fully saturated rings. The highest BCUT2D eigenvalue weighted by atomic mass is 15.3. The van der Waals surface area contributed by atoms with Crippen molar-refractivity contribution in [2.45, 2.75) is 38.8 Å². The molecule has 1 aromatic heterocycles. The molecule has 4 nitrogen and oxygen atoms in total. The van der Waals surface area contributed by atoms with E-state index in [0.717, 1.165) is 18.8 Å². The molecule has 1 saturated carbocycles. The van der Waals surface area contributed by atoms with Gasteiger partial charge in [0.15, 0.2) is 0 Å². The number of anilines is 1. The molecule has 3 N–H and O–H groups in total. The number of rotatable bonds is 4. The number of hydrogen-bond acceptors (Lipinski definition) is 3.